The summed E-state index contributed by atoms with van der Waals surface area (Å²) in [4.78, 5) is 36.6. The van der Waals surface area contributed by atoms with Crippen molar-refractivity contribution in [2.75, 3.05) is 44.7 Å². The van der Waals surface area contributed by atoms with Crippen molar-refractivity contribution in [3.8, 4) is 11.5 Å². The Bertz CT molecular complexity index is 656. The quantitative estimate of drug-likeness (QED) is 0.593. The van der Waals surface area contributed by atoms with Gasteiger partial charge in [0.2, 0.25) is 17.7 Å². The SMILES string of the molecule is CCN(CC(=O)Nc1ccc2c(c1)OCCO2)C(=O)CNC(=O)CN.Cl. The Morgan fingerprint density at radius 1 is 1.15 bits per heavy atom. The molecule has 0 radical (unpaired) electrons. The second-order valence-corrected chi connectivity index (χ2v) is 5.30. The Morgan fingerprint density at radius 3 is 2.50 bits per heavy atom. The number of fused-ring (bicyclic) bond motifs is 1. The second-order valence-electron chi connectivity index (χ2n) is 5.30. The zero-order chi connectivity index (χ0) is 18.2. The lowest BCUT2D eigenvalue weighted by Crippen LogP contribution is -2.44. The minimum absolute atomic E-state index is 0. The second kappa shape index (κ2) is 10.5. The normalized spacial score (nSPS) is 11.8. The van der Waals surface area contributed by atoms with E-state index in [9.17, 15) is 14.4 Å². The number of halogens is 1. The lowest BCUT2D eigenvalue weighted by Gasteiger charge is -2.21. The van der Waals surface area contributed by atoms with Gasteiger partial charge in [-0.05, 0) is 19.1 Å². The first-order chi connectivity index (χ1) is 12.0. The molecule has 3 amide bonds. The van der Waals surface area contributed by atoms with Crippen molar-refractivity contribution in [3.05, 3.63) is 18.2 Å². The fraction of sp³-hybridized carbons (Fsp3) is 0.438. The Morgan fingerprint density at radius 2 is 1.85 bits per heavy atom. The minimum Gasteiger partial charge on any atom is -0.486 e. The third kappa shape index (κ3) is 6.08. The summed E-state index contributed by atoms with van der Waals surface area (Å²) in [5.74, 6) is 0.0611. The summed E-state index contributed by atoms with van der Waals surface area (Å²) in [6.45, 7) is 2.53. The van der Waals surface area contributed by atoms with Crippen LogP contribution in [0.15, 0.2) is 18.2 Å². The number of hydrogen-bond acceptors (Lipinski definition) is 6. The number of anilines is 1. The molecule has 0 saturated heterocycles. The Hall–Kier alpha value is -2.52. The molecule has 0 saturated carbocycles. The van der Waals surface area contributed by atoms with E-state index in [1.165, 1.54) is 4.90 Å². The van der Waals surface area contributed by atoms with Gasteiger partial charge in [0, 0.05) is 18.3 Å². The summed E-state index contributed by atoms with van der Waals surface area (Å²) in [5, 5.41) is 5.10. The van der Waals surface area contributed by atoms with E-state index in [2.05, 4.69) is 10.6 Å². The molecule has 0 bridgehead atoms. The molecule has 144 valence electrons. The smallest absolute Gasteiger partial charge is 0.243 e. The van der Waals surface area contributed by atoms with E-state index in [-0.39, 0.29) is 43.9 Å². The van der Waals surface area contributed by atoms with E-state index < -0.39 is 5.91 Å². The molecule has 0 spiro atoms. The van der Waals surface area contributed by atoms with Crippen LogP contribution < -0.4 is 25.8 Å². The molecule has 1 aromatic rings. The number of nitrogens with one attached hydrogen (secondary N) is 2. The van der Waals surface area contributed by atoms with E-state index in [0.29, 0.717) is 36.9 Å². The third-order valence-electron chi connectivity index (χ3n) is 3.52. The van der Waals surface area contributed by atoms with Crippen LogP contribution in [0.1, 0.15) is 6.92 Å². The summed E-state index contributed by atoms with van der Waals surface area (Å²) in [7, 11) is 0. The van der Waals surface area contributed by atoms with Crippen molar-refractivity contribution in [3.63, 3.8) is 0 Å². The molecule has 1 aliphatic rings. The molecule has 9 nitrogen and oxygen atoms in total. The molecule has 0 atom stereocenters. The summed E-state index contributed by atoms with van der Waals surface area (Å²) in [6.07, 6.45) is 0. The molecule has 1 aliphatic heterocycles. The van der Waals surface area contributed by atoms with Crippen LogP contribution in [0.5, 0.6) is 11.5 Å². The first-order valence-corrected chi connectivity index (χ1v) is 7.97. The standard InChI is InChI=1S/C16H22N4O5.ClH/c1-2-20(16(23)9-18-14(21)8-17)10-15(22)19-11-3-4-12-13(7-11)25-6-5-24-12;/h3-4,7H,2,5-6,8-10,17H2,1H3,(H,18,21)(H,19,22);1H. The van der Waals surface area contributed by atoms with Crippen LogP contribution in [0.25, 0.3) is 0 Å². The number of nitrogens with two attached hydrogens (primary N) is 1. The van der Waals surface area contributed by atoms with Gasteiger partial charge in [0.25, 0.3) is 0 Å². The Balaban J connectivity index is 0.00000338. The van der Waals surface area contributed by atoms with Crippen LogP contribution >= 0.6 is 12.4 Å². The molecule has 1 aromatic carbocycles. The van der Waals surface area contributed by atoms with Gasteiger partial charge < -0.3 is 30.7 Å². The van der Waals surface area contributed by atoms with E-state index in [1.54, 1.807) is 25.1 Å². The maximum atomic E-state index is 12.2. The van der Waals surface area contributed by atoms with Crippen LogP contribution in [-0.2, 0) is 14.4 Å². The average Bonchev–Trinajstić information content (AvgIpc) is 2.63. The van der Waals surface area contributed by atoms with Crippen molar-refractivity contribution < 1.29 is 23.9 Å². The zero-order valence-corrected chi connectivity index (χ0v) is 15.3. The van der Waals surface area contributed by atoms with Crippen molar-refractivity contribution in [1.82, 2.24) is 10.2 Å². The maximum Gasteiger partial charge on any atom is 0.243 e. The van der Waals surface area contributed by atoms with Crippen molar-refractivity contribution in [2.24, 2.45) is 5.73 Å². The van der Waals surface area contributed by atoms with Gasteiger partial charge in [0.1, 0.15) is 13.2 Å². The van der Waals surface area contributed by atoms with Gasteiger partial charge in [-0.15, -0.1) is 12.4 Å². The molecule has 0 fully saturated rings. The van der Waals surface area contributed by atoms with E-state index in [0.717, 1.165) is 0 Å². The highest BCUT2D eigenvalue weighted by Gasteiger charge is 2.17. The van der Waals surface area contributed by atoms with Crippen LogP contribution in [-0.4, -0.2) is 62.0 Å². The number of hydrogen-bond donors (Lipinski definition) is 3. The molecule has 2 rings (SSSR count). The van der Waals surface area contributed by atoms with Crippen LogP contribution in [0.4, 0.5) is 5.69 Å². The van der Waals surface area contributed by atoms with Gasteiger partial charge in [-0.2, -0.15) is 0 Å². The number of nitrogens with zero attached hydrogens (tertiary/aromatic N) is 1. The van der Waals surface area contributed by atoms with E-state index >= 15 is 0 Å². The lowest BCUT2D eigenvalue weighted by atomic mass is 10.2. The fourth-order valence-corrected chi connectivity index (χ4v) is 2.23. The number of amides is 3. The largest absolute Gasteiger partial charge is 0.486 e. The minimum atomic E-state index is -0.426. The van der Waals surface area contributed by atoms with Gasteiger partial charge >= 0.3 is 0 Å². The molecule has 4 N–H and O–H groups in total. The van der Waals surface area contributed by atoms with E-state index in [1.807, 2.05) is 0 Å². The first kappa shape index (κ1) is 21.5. The monoisotopic (exact) mass is 386 g/mol. The third-order valence-corrected chi connectivity index (χ3v) is 3.52. The molecular weight excluding hydrogens is 364 g/mol. The van der Waals surface area contributed by atoms with Crippen molar-refractivity contribution in [2.45, 2.75) is 6.92 Å². The number of carbonyl (C=O) groups is 3. The predicted octanol–water partition coefficient (Wildman–Crippen LogP) is -0.258. The highest BCUT2D eigenvalue weighted by molar-refractivity contribution is 5.95. The number of likely N-dealkylation sites (N-methyl/N-ethyl adjacent to an activating group) is 1. The van der Waals surface area contributed by atoms with Gasteiger partial charge in [-0.25, -0.2) is 0 Å². The highest BCUT2D eigenvalue weighted by atomic mass is 35.5. The molecule has 10 heteroatoms. The molecular formula is C16H23ClN4O5. The number of rotatable bonds is 7. The molecule has 0 aromatic heterocycles. The lowest BCUT2D eigenvalue weighted by molar-refractivity contribution is -0.135. The van der Waals surface area contributed by atoms with E-state index in [4.69, 9.17) is 15.2 Å². The molecule has 0 aliphatic carbocycles. The van der Waals surface area contributed by atoms with Gasteiger partial charge in [0.05, 0.1) is 19.6 Å². The topological polar surface area (TPSA) is 123 Å². The average molecular weight is 387 g/mol. The highest BCUT2D eigenvalue weighted by Crippen LogP contribution is 2.32. The summed E-state index contributed by atoms with van der Waals surface area (Å²) >= 11 is 0. The number of carbonyl (C=O) groups excluding carboxylic acids is 3. The van der Waals surface area contributed by atoms with Gasteiger partial charge in [-0.3, -0.25) is 14.4 Å². The summed E-state index contributed by atoms with van der Waals surface area (Å²) in [6, 6.07) is 5.09. The van der Waals surface area contributed by atoms with Gasteiger partial charge in [-0.1, -0.05) is 0 Å². The van der Waals surface area contributed by atoms with Crippen molar-refractivity contribution in [1.29, 1.82) is 0 Å². The molecule has 0 unspecified atom stereocenters. The van der Waals surface area contributed by atoms with Crippen LogP contribution in [0, 0.1) is 0 Å². The number of benzene rings is 1. The molecule has 1 heterocycles. The summed E-state index contributed by atoms with van der Waals surface area (Å²) in [5.41, 5.74) is 5.71. The Kier molecular flexibility index (Phi) is 8.66. The van der Waals surface area contributed by atoms with Gasteiger partial charge in [0.15, 0.2) is 11.5 Å². The number of ether oxygens (including phenoxy) is 2. The Labute approximate surface area is 157 Å². The maximum absolute atomic E-state index is 12.2. The van der Waals surface area contributed by atoms with Crippen molar-refractivity contribution >= 4 is 35.8 Å². The predicted molar refractivity (Wildman–Crippen MR) is 97.6 cm³/mol. The molecule has 26 heavy (non-hydrogen) atoms. The first-order valence-electron chi connectivity index (χ1n) is 7.97. The summed E-state index contributed by atoms with van der Waals surface area (Å²) < 4.78 is 10.9. The van der Waals surface area contributed by atoms with Crippen LogP contribution in [0.3, 0.4) is 0 Å². The van der Waals surface area contributed by atoms with Crippen LogP contribution in [0.2, 0.25) is 0 Å². The fourth-order valence-electron chi connectivity index (χ4n) is 2.23. The zero-order valence-electron chi connectivity index (χ0n) is 14.4.